The van der Waals surface area contributed by atoms with E-state index < -0.39 is 11.7 Å². The van der Waals surface area contributed by atoms with E-state index in [0.717, 1.165) is 5.56 Å². The van der Waals surface area contributed by atoms with Crippen LogP contribution in [0.25, 0.3) is 0 Å². The molecular formula is C18H23ClN2O3. The van der Waals surface area contributed by atoms with Gasteiger partial charge in [0.2, 0.25) is 5.91 Å². The lowest BCUT2D eigenvalue weighted by atomic mass is 10.2. The second-order valence-corrected chi connectivity index (χ2v) is 6.42. The predicted molar refractivity (Wildman–Crippen MR) is 96.1 cm³/mol. The third kappa shape index (κ3) is 9.06. The van der Waals surface area contributed by atoms with E-state index in [0.29, 0.717) is 24.5 Å². The van der Waals surface area contributed by atoms with Crippen LogP contribution < -0.4 is 10.6 Å². The highest BCUT2D eigenvalue weighted by atomic mass is 35.5. The smallest absolute Gasteiger partial charge is 0.407 e. The van der Waals surface area contributed by atoms with Crippen molar-refractivity contribution in [3.63, 3.8) is 0 Å². The molecule has 0 saturated carbocycles. The van der Waals surface area contributed by atoms with Gasteiger partial charge in [-0.1, -0.05) is 11.8 Å². The summed E-state index contributed by atoms with van der Waals surface area (Å²) in [6.45, 7) is 5.87. The number of carbonyl (C=O) groups is 2. The van der Waals surface area contributed by atoms with Crippen molar-refractivity contribution in [3.8, 4) is 11.8 Å². The Labute approximate surface area is 148 Å². The highest BCUT2D eigenvalue weighted by Gasteiger charge is 2.15. The van der Waals surface area contributed by atoms with Crippen molar-refractivity contribution in [2.45, 2.75) is 39.2 Å². The molecule has 0 unspecified atom stereocenters. The molecule has 5 nitrogen and oxygen atoms in total. The van der Waals surface area contributed by atoms with E-state index in [1.54, 1.807) is 12.1 Å². The first kappa shape index (κ1) is 19.9. The number of hydrogen-bond acceptors (Lipinski definition) is 3. The Kier molecular flexibility index (Phi) is 8.14. The predicted octanol–water partition coefficient (Wildman–Crippen LogP) is 3.52. The maximum Gasteiger partial charge on any atom is 0.407 e. The van der Waals surface area contributed by atoms with Gasteiger partial charge >= 0.3 is 6.09 Å². The van der Waals surface area contributed by atoms with E-state index in [2.05, 4.69) is 22.5 Å². The Morgan fingerprint density at radius 2 is 1.88 bits per heavy atom. The van der Waals surface area contributed by atoms with Crippen molar-refractivity contribution < 1.29 is 14.3 Å². The second kappa shape index (κ2) is 9.84. The molecule has 0 aliphatic rings. The normalized spacial score (nSPS) is 10.3. The largest absolute Gasteiger partial charge is 0.444 e. The molecule has 1 rings (SSSR count). The number of nitrogens with one attached hydrogen (secondary N) is 2. The molecule has 130 valence electrons. The molecule has 0 atom stereocenters. The van der Waals surface area contributed by atoms with Crippen LogP contribution in [-0.2, 0) is 9.53 Å². The first-order valence-corrected chi connectivity index (χ1v) is 8.25. The van der Waals surface area contributed by atoms with Gasteiger partial charge in [-0.05, 0) is 45.0 Å². The standard InChI is InChI=1S/C18H23ClN2O3/c1-18(2,3)24-17(23)20-13-5-4-6-14-7-9-15(10-8-14)21-16(22)11-12-19/h7-10H,5,11-13H2,1-3H3,(H,20,23)(H,21,22). The summed E-state index contributed by atoms with van der Waals surface area (Å²) in [6, 6.07) is 7.22. The lowest BCUT2D eigenvalue weighted by Crippen LogP contribution is -2.32. The second-order valence-electron chi connectivity index (χ2n) is 6.04. The van der Waals surface area contributed by atoms with Crippen LogP contribution in [0, 0.1) is 11.8 Å². The van der Waals surface area contributed by atoms with E-state index in [-0.39, 0.29) is 12.3 Å². The molecule has 1 aromatic carbocycles. The highest BCUT2D eigenvalue weighted by molar-refractivity contribution is 6.19. The van der Waals surface area contributed by atoms with Crippen molar-refractivity contribution in [2.75, 3.05) is 17.7 Å². The topological polar surface area (TPSA) is 67.4 Å². The number of benzene rings is 1. The average Bonchev–Trinajstić information content (AvgIpc) is 2.47. The molecule has 0 radical (unpaired) electrons. The molecule has 24 heavy (non-hydrogen) atoms. The molecule has 2 amide bonds. The Morgan fingerprint density at radius 3 is 2.46 bits per heavy atom. The van der Waals surface area contributed by atoms with Gasteiger partial charge in [-0.3, -0.25) is 4.79 Å². The van der Waals surface area contributed by atoms with Gasteiger partial charge in [-0.25, -0.2) is 4.79 Å². The summed E-state index contributed by atoms with van der Waals surface area (Å²) in [4.78, 5) is 22.9. The summed E-state index contributed by atoms with van der Waals surface area (Å²) in [7, 11) is 0. The van der Waals surface area contributed by atoms with E-state index in [4.69, 9.17) is 16.3 Å². The Morgan fingerprint density at radius 1 is 1.21 bits per heavy atom. The van der Waals surface area contributed by atoms with Gasteiger partial charge in [-0.15, -0.1) is 11.6 Å². The number of hydrogen-bond donors (Lipinski definition) is 2. The maximum atomic E-state index is 11.4. The summed E-state index contributed by atoms with van der Waals surface area (Å²) in [6.07, 6.45) is 0.364. The molecule has 0 fully saturated rings. The number of carbonyl (C=O) groups excluding carboxylic acids is 2. The Balaban J connectivity index is 2.36. The van der Waals surface area contributed by atoms with Crippen molar-refractivity contribution in [2.24, 2.45) is 0 Å². The van der Waals surface area contributed by atoms with Crippen LogP contribution in [0.1, 0.15) is 39.2 Å². The minimum absolute atomic E-state index is 0.114. The van der Waals surface area contributed by atoms with Crippen molar-refractivity contribution in [1.82, 2.24) is 5.32 Å². The van der Waals surface area contributed by atoms with E-state index in [1.165, 1.54) is 0 Å². The minimum Gasteiger partial charge on any atom is -0.444 e. The summed E-state index contributed by atoms with van der Waals surface area (Å²) in [5.74, 6) is 6.16. The SMILES string of the molecule is CC(C)(C)OC(=O)NCCC#Cc1ccc(NC(=O)CCCl)cc1. The first-order valence-electron chi connectivity index (χ1n) is 7.72. The molecule has 0 saturated heterocycles. The maximum absolute atomic E-state index is 11.4. The van der Waals surface area contributed by atoms with Gasteiger partial charge in [0.1, 0.15) is 5.60 Å². The number of rotatable bonds is 5. The number of alkyl carbamates (subject to hydrolysis) is 1. The van der Waals surface area contributed by atoms with Crippen LogP contribution in [0.4, 0.5) is 10.5 Å². The van der Waals surface area contributed by atoms with Gasteiger partial charge in [0.15, 0.2) is 0 Å². The molecule has 0 spiro atoms. The fourth-order valence-corrected chi connectivity index (χ4v) is 1.82. The van der Waals surface area contributed by atoms with Crippen molar-refractivity contribution >= 4 is 29.3 Å². The van der Waals surface area contributed by atoms with Gasteiger partial charge < -0.3 is 15.4 Å². The summed E-state index contributed by atoms with van der Waals surface area (Å²) < 4.78 is 5.12. The van der Waals surface area contributed by atoms with Crippen LogP contribution in [-0.4, -0.2) is 30.0 Å². The molecular weight excluding hydrogens is 328 g/mol. The monoisotopic (exact) mass is 350 g/mol. The van der Waals surface area contributed by atoms with Crippen molar-refractivity contribution in [1.29, 1.82) is 0 Å². The van der Waals surface area contributed by atoms with E-state index in [1.807, 2.05) is 32.9 Å². The van der Waals surface area contributed by atoms with Crippen LogP contribution in [0.3, 0.4) is 0 Å². The zero-order valence-electron chi connectivity index (χ0n) is 14.2. The average molecular weight is 351 g/mol. The summed E-state index contributed by atoms with van der Waals surface area (Å²) in [5.41, 5.74) is 1.04. The molecule has 0 aliphatic heterocycles. The summed E-state index contributed by atoms with van der Waals surface area (Å²) >= 11 is 5.51. The third-order valence-corrected chi connectivity index (χ3v) is 2.83. The number of amides is 2. The molecule has 1 aromatic rings. The zero-order chi connectivity index (χ0) is 18.0. The van der Waals surface area contributed by atoms with Gasteiger partial charge in [-0.2, -0.15) is 0 Å². The van der Waals surface area contributed by atoms with E-state index >= 15 is 0 Å². The molecule has 0 aromatic heterocycles. The highest BCUT2D eigenvalue weighted by Crippen LogP contribution is 2.09. The summed E-state index contributed by atoms with van der Waals surface area (Å²) in [5, 5.41) is 5.39. The lowest BCUT2D eigenvalue weighted by molar-refractivity contribution is -0.115. The van der Waals surface area contributed by atoms with Gasteiger partial charge in [0, 0.05) is 36.5 Å². The number of halogens is 1. The minimum atomic E-state index is -0.503. The third-order valence-electron chi connectivity index (χ3n) is 2.64. The Hall–Kier alpha value is -2.19. The van der Waals surface area contributed by atoms with Gasteiger partial charge in [0.25, 0.3) is 0 Å². The number of ether oxygens (including phenoxy) is 1. The van der Waals surface area contributed by atoms with Crippen molar-refractivity contribution in [3.05, 3.63) is 29.8 Å². The fraction of sp³-hybridized carbons (Fsp3) is 0.444. The molecule has 0 bridgehead atoms. The van der Waals surface area contributed by atoms with Crippen LogP contribution in [0.2, 0.25) is 0 Å². The molecule has 0 heterocycles. The van der Waals surface area contributed by atoms with Crippen LogP contribution in [0.15, 0.2) is 24.3 Å². The van der Waals surface area contributed by atoms with Crippen LogP contribution in [0.5, 0.6) is 0 Å². The first-order chi connectivity index (χ1) is 11.3. The number of anilines is 1. The molecule has 6 heteroatoms. The van der Waals surface area contributed by atoms with Crippen LogP contribution >= 0.6 is 11.6 Å². The Bertz CT molecular complexity index is 610. The van der Waals surface area contributed by atoms with Gasteiger partial charge in [0.05, 0.1) is 0 Å². The van der Waals surface area contributed by atoms with E-state index in [9.17, 15) is 9.59 Å². The number of alkyl halides is 1. The zero-order valence-corrected chi connectivity index (χ0v) is 15.0. The quantitative estimate of drug-likeness (QED) is 0.485. The molecule has 0 aliphatic carbocycles. The lowest BCUT2D eigenvalue weighted by Gasteiger charge is -2.19. The fourth-order valence-electron chi connectivity index (χ4n) is 1.65. The molecule has 2 N–H and O–H groups in total.